The lowest BCUT2D eigenvalue weighted by atomic mass is 10.1. The summed E-state index contributed by atoms with van der Waals surface area (Å²) in [5.74, 6) is -2.58. The van der Waals surface area contributed by atoms with E-state index < -0.39 is 62.1 Å². The molecule has 6 N–H and O–H groups in total. The van der Waals surface area contributed by atoms with Crippen molar-refractivity contribution in [1.29, 1.82) is 0 Å². The van der Waals surface area contributed by atoms with Gasteiger partial charge in [-0.1, -0.05) is 6.07 Å². The Morgan fingerprint density at radius 1 is 1.00 bits per heavy atom. The Bertz CT molecular complexity index is 651. The summed E-state index contributed by atoms with van der Waals surface area (Å²) in [5, 5.41) is 39.8. The SMILES string of the molecule is O=C(CCl)NN(C(=O)c1cccc(C(=O)NC(CO)CO)c1)C(CO)CO. The molecule has 1 aromatic rings. The van der Waals surface area contributed by atoms with Crippen LogP contribution in [0.3, 0.4) is 0 Å². The van der Waals surface area contributed by atoms with E-state index in [9.17, 15) is 24.6 Å². The van der Waals surface area contributed by atoms with Crippen LogP contribution < -0.4 is 10.7 Å². The summed E-state index contributed by atoms with van der Waals surface area (Å²) < 4.78 is 0. The molecule has 27 heavy (non-hydrogen) atoms. The zero-order valence-electron chi connectivity index (χ0n) is 14.3. The lowest BCUT2D eigenvalue weighted by molar-refractivity contribution is -0.124. The molecule has 0 saturated carbocycles. The lowest BCUT2D eigenvalue weighted by Gasteiger charge is -2.29. The molecule has 11 heteroatoms. The number of amides is 3. The van der Waals surface area contributed by atoms with E-state index in [4.69, 9.17) is 21.8 Å². The number of halogens is 1. The molecule has 0 spiro atoms. The third-order valence-corrected chi connectivity index (χ3v) is 3.76. The van der Waals surface area contributed by atoms with Gasteiger partial charge in [0.1, 0.15) is 5.88 Å². The van der Waals surface area contributed by atoms with Crippen molar-refractivity contribution in [2.45, 2.75) is 12.1 Å². The van der Waals surface area contributed by atoms with E-state index in [0.29, 0.717) is 0 Å². The highest BCUT2D eigenvalue weighted by Gasteiger charge is 2.26. The first-order valence-corrected chi connectivity index (χ1v) is 8.48. The van der Waals surface area contributed by atoms with Crippen molar-refractivity contribution in [2.24, 2.45) is 0 Å². The van der Waals surface area contributed by atoms with Crippen LogP contribution >= 0.6 is 11.6 Å². The van der Waals surface area contributed by atoms with Gasteiger partial charge in [-0.3, -0.25) is 19.8 Å². The van der Waals surface area contributed by atoms with Crippen LogP contribution in [0.4, 0.5) is 0 Å². The molecule has 0 heterocycles. The first-order valence-electron chi connectivity index (χ1n) is 7.95. The Balaban J connectivity index is 3.09. The summed E-state index contributed by atoms with van der Waals surface area (Å²) in [6.45, 7) is -2.18. The van der Waals surface area contributed by atoms with Gasteiger partial charge in [0, 0.05) is 11.1 Å². The zero-order chi connectivity index (χ0) is 20.4. The van der Waals surface area contributed by atoms with Gasteiger partial charge in [-0.25, -0.2) is 5.01 Å². The molecular formula is C16H22ClN3O7. The highest BCUT2D eigenvalue weighted by molar-refractivity contribution is 6.27. The number of carbonyl (C=O) groups excluding carboxylic acids is 3. The number of nitrogens with one attached hydrogen (secondary N) is 2. The van der Waals surface area contributed by atoms with Crippen molar-refractivity contribution in [3.8, 4) is 0 Å². The molecule has 0 aliphatic heterocycles. The fraction of sp³-hybridized carbons (Fsp3) is 0.438. The molecule has 0 saturated heterocycles. The molecule has 0 fully saturated rings. The van der Waals surface area contributed by atoms with Crippen LogP contribution in [0.2, 0.25) is 0 Å². The molecular weight excluding hydrogens is 382 g/mol. The van der Waals surface area contributed by atoms with Gasteiger partial charge in [0.2, 0.25) is 0 Å². The minimum absolute atomic E-state index is 0.00558. The van der Waals surface area contributed by atoms with Gasteiger partial charge in [0.25, 0.3) is 17.7 Å². The van der Waals surface area contributed by atoms with Crippen LogP contribution in [-0.4, -0.2) is 87.5 Å². The predicted molar refractivity (Wildman–Crippen MR) is 94.9 cm³/mol. The number of rotatable bonds is 9. The molecule has 1 aromatic carbocycles. The largest absolute Gasteiger partial charge is 0.394 e. The Hall–Kier alpha value is -2.24. The third-order valence-electron chi connectivity index (χ3n) is 3.52. The number of hydrogen-bond donors (Lipinski definition) is 6. The van der Waals surface area contributed by atoms with Crippen molar-refractivity contribution in [1.82, 2.24) is 15.8 Å². The van der Waals surface area contributed by atoms with Gasteiger partial charge in [-0.15, -0.1) is 11.6 Å². The maximum Gasteiger partial charge on any atom is 0.272 e. The summed E-state index contributed by atoms with van der Waals surface area (Å²) >= 11 is 5.41. The van der Waals surface area contributed by atoms with Crippen molar-refractivity contribution in [3.05, 3.63) is 35.4 Å². The number of aliphatic hydroxyl groups is 4. The molecule has 0 bridgehead atoms. The lowest BCUT2D eigenvalue weighted by Crippen LogP contribution is -2.55. The molecule has 0 aliphatic carbocycles. The topological polar surface area (TPSA) is 159 Å². The van der Waals surface area contributed by atoms with Gasteiger partial charge in [-0.05, 0) is 18.2 Å². The fourth-order valence-electron chi connectivity index (χ4n) is 2.04. The number of carbonyl (C=O) groups is 3. The van der Waals surface area contributed by atoms with E-state index >= 15 is 0 Å². The third kappa shape index (κ3) is 6.45. The van der Waals surface area contributed by atoms with Gasteiger partial charge in [0.05, 0.1) is 38.5 Å². The van der Waals surface area contributed by atoms with Crippen LogP contribution in [-0.2, 0) is 4.79 Å². The van der Waals surface area contributed by atoms with Crippen LogP contribution in [0.5, 0.6) is 0 Å². The van der Waals surface area contributed by atoms with Crippen molar-refractivity contribution in [2.75, 3.05) is 32.3 Å². The van der Waals surface area contributed by atoms with Crippen LogP contribution in [0, 0.1) is 0 Å². The second-order valence-corrected chi connectivity index (χ2v) is 5.75. The number of nitrogens with zero attached hydrogens (tertiary/aromatic N) is 1. The minimum Gasteiger partial charge on any atom is -0.394 e. The monoisotopic (exact) mass is 403 g/mol. The van der Waals surface area contributed by atoms with Gasteiger partial charge >= 0.3 is 0 Å². The molecule has 1 rings (SSSR count). The summed E-state index contributed by atoms with van der Waals surface area (Å²) in [6.07, 6.45) is 0. The van der Waals surface area contributed by atoms with Crippen LogP contribution in [0.1, 0.15) is 20.7 Å². The summed E-state index contributed by atoms with van der Waals surface area (Å²) in [5.41, 5.74) is 2.26. The van der Waals surface area contributed by atoms with Crippen LogP contribution in [0.15, 0.2) is 24.3 Å². The van der Waals surface area contributed by atoms with E-state index in [0.717, 1.165) is 5.01 Å². The van der Waals surface area contributed by atoms with E-state index in [1.165, 1.54) is 24.3 Å². The number of hydrogen-bond acceptors (Lipinski definition) is 7. The maximum absolute atomic E-state index is 12.7. The van der Waals surface area contributed by atoms with E-state index in [1.807, 2.05) is 0 Å². The first-order chi connectivity index (χ1) is 12.9. The van der Waals surface area contributed by atoms with Crippen molar-refractivity contribution >= 4 is 29.3 Å². The second kappa shape index (κ2) is 11.5. The van der Waals surface area contributed by atoms with Gasteiger partial charge in [-0.2, -0.15) is 0 Å². The summed E-state index contributed by atoms with van der Waals surface area (Å²) in [6, 6.07) is 3.47. The Kier molecular flexibility index (Phi) is 9.68. The number of alkyl halides is 1. The van der Waals surface area contributed by atoms with Crippen LogP contribution in [0.25, 0.3) is 0 Å². The van der Waals surface area contributed by atoms with Gasteiger partial charge < -0.3 is 25.7 Å². The minimum atomic E-state index is -1.12. The fourth-order valence-corrected chi connectivity index (χ4v) is 2.10. The number of aliphatic hydroxyl groups excluding tert-OH is 4. The zero-order valence-corrected chi connectivity index (χ0v) is 15.1. The molecule has 0 aromatic heterocycles. The normalized spacial score (nSPS) is 10.8. The smallest absolute Gasteiger partial charge is 0.272 e. The van der Waals surface area contributed by atoms with Gasteiger partial charge in [0.15, 0.2) is 0 Å². The maximum atomic E-state index is 12.7. The summed E-state index contributed by atoms with van der Waals surface area (Å²) in [4.78, 5) is 36.4. The standard InChI is InChI=1S/C16H22ClN3O7/c17-5-14(25)19-20(13(8-23)9-24)16(27)11-3-1-2-10(4-11)15(26)18-12(6-21)7-22/h1-4,12-13,21-24H,5-9H2,(H,18,26)(H,19,25). The Morgan fingerprint density at radius 2 is 1.59 bits per heavy atom. The molecule has 3 amide bonds. The number of hydrazine groups is 1. The molecule has 10 nitrogen and oxygen atoms in total. The molecule has 0 unspecified atom stereocenters. The van der Waals surface area contributed by atoms with E-state index in [2.05, 4.69) is 10.7 Å². The predicted octanol–water partition coefficient (Wildman–Crippen LogP) is -2.16. The van der Waals surface area contributed by atoms with Crippen molar-refractivity contribution in [3.63, 3.8) is 0 Å². The van der Waals surface area contributed by atoms with Crippen molar-refractivity contribution < 1.29 is 34.8 Å². The highest BCUT2D eigenvalue weighted by atomic mass is 35.5. The average molecular weight is 404 g/mol. The van der Waals surface area contributed by atoms with E-state index in [-0.39, 0.29) is 11.1 Å². The molecule has 0 atom stereocenters. The van der Waals surface area contributed by atoms with E-state index in [1.54, 1.807) is 0 Å². The Morgan fingerprint density at radius 3 is 2.11 bits per heavy atom. The molecule has 150 valence electrons. The molecule has 0 aliphatic rings. The summed E-state index contributed by atoms with van der Waals surface area (Å²) in [7, 11) is 0. The Labute approximate surface area is 160 Å². The second-order valence-electron chi connectivity index (χ2n) is 5.48. The highest BCUT2D eigenvalue weighted by Crippen LogP contribution is 2.10. The number of benzene rings is 1. The average Bonchev–Trinajstić information content (AvgIpc) is 2.71. The first kappa shape index (κ1) is 22.8. The molecule has 0 radical (unpaired) electrons. The quantitative estimate of drug-likeness (QED) is 0.202.